The molecule has 0 saturated heterocycles. The number of benzene rings is 1. The number of ether oxygens (including phenoxy) is 2. The van der Waals surface area contributed by atoms with Gasteiger partial charge in [0.1, 0.15) is 18.5 Å². The smallest absolute Gasteiger partial charge is 0.290 e. The van der Waals surface area contributed by atoms with Gasteiger partial charge in [0, 0.05) is 18.9 Å². The maximum Gasteiger partial charge on any atom is 0.290 e. The number of rotatable bonds is 6. The van der Waals surface area contributed by atoms with E-state index in [2.05, 4.69) is 11.6 Å². The first-order chi connectivity index (χ1) is 15.7. The normalized spacial score (nSPS) is 24.6. The Morgan fingerprint density at radius 2 is 1.84 bits per heavy atom. The highest BCUT2D eigenvalue weighted by Gasteiger charge is 2.51. The van der Waals surface area contributed by atoms with Crippen LogP contribution < -0.4 is 4.74 Å². The van der Waals surface area contributed by atoms with Gasteiger partial charge in [-0.1, -0.05) is 31.2 Å². The average molecular weight is 431 g/mol. The van der Waals surface area contributed by atoms with Crippen molar-refractivity contribution in [1.82, 2.24) is 9.88 Å². The summed E-state index contributed by atoms with van der Waals surface area (Å²) in [5.41, 5.74) is 2.33. The van der Waals surface area contributed by atoms with Crippen LogP contribution in [0.25, 0.3) is 0 Å². The van der Waals surface area contributed by atoms with Crippen LogP contribution in [0.4, 0.5) is 0 Å². The van der Waals surface area contributed by atoms with Gasteiger partial charge in [0.25, 0.3) is 5.91 Å². The largest absolute Gasteiger partial charge is 0.490 e. The summed E-state index contributed by atoms with van der Waals surface area (Å²) in [4.78, 5) is 32.9. The van der Waals surface area contributed by atoms with Crippen molar-refractivity contribution in [3.05, 3.63) is 83.9 Å². The Balaban J connectivity index is 1.53. The third kappa shape index (κ3) is 3.60. The van der Waals surface area contributed by atoms with E-state index in [0.717, 1.165) is 36.8 Å². The minimum atomic E-state index is -0.477. The van der Waals surface area contributed by atoms with E-state index in [1.54, 1.807) is 23.4 Å². The van der Waals surface area contributed by atoms with Crippen LogP contribution >= 0.6 is 0 Å². The minimum Gasteiger partial charge on any atom is -0.490 e. The highest BCUT2D eigenvalue weighted by atomic mass is 16.5. The maximum absolute atomic E-state index is 13.6. The molecule has 2 aliphatic heterocycles. The Morgan fingerprint density at radius 1 is 1.09 bits per heavy atom. The van der Waals surface area contributed by atoms with Gasteiger partial charge in [0.15, 0.2) is 11.5 Å². The van der Waals surface area contributed by atoms with E-state index in [-0.39, 0.29) is 29.5 Å². The van der Waals surface area contributed by atoms with Crippen molar-refractivity contribution >= 4 is 11.7 Å². The Bertz CT molecular complexity index is 1060. The van der Waals surface area contributed by atoms with Crippen LogP contribution in [0.15, 0.2) is 72.8 Å². The fourth-order valence-electron chi connectivity index (χ4n) is 4.99. The number of hydrogen-bond donors (Lipinski definition) is 0. The Morgan fingerprint density at radius 3 is 2.59 bits per heavy atom. The zero-order chi connectivity index (χ0) is 22.1. The molecule has 0 N–H and O–H groups in total. The number of aromatic nitrogens is 1. The highest BCUT2D eigenvalue weighted by Crippen LogP contribution is 2.47. The highest BCUT2D eigenvalue weighted by molar-refractivity contribution is 6.11. The van der Waals surface area contributed by atoms with Crippen LogP contribution in [0.2, 0.25) is 0 Å². The van der Waals surface area contributed by atoms with Gasteiger partial charge in [-0.05, 0) is 54.7 Å². The molecule has 1 amide bonds. The van der Waals surface area contributed by atoms with Gasteiger partial charge in [0.05, 0.1) is 17.5 Å². The molecule has 1 aromatic carbocycles. The summed E-state index contributed by atoms with van der Waals surface area (Å²) in [6.45, 7) is 4.46. The average Bonchev–Trinajstić information content (AvgIpc) is 3.10. The number of hydrogen-bond acceptors (Lipinski definition) is 5. The van der Waals surface area contributed by atoms with E-state index in [1.807, 2.05) is 36.4 Å². The van der Waals surface area contributed by atoms with Gasteiger partial charge in [-0.25, -0.2) is 0 Å². The van der Waals surface area contributed by atoms with Crippen molar-refractivity contribution in [2.45, 2.75) is 44.4 Å². The SMILES string of the molecule is C=CCOc1ccc(C2C3=C(OC4CCCCC4C3=O)C(=O)N2Cc2ccncc2)cc1. The van der Waals surface area contributed by atoms with Crippen LogP contribution in [-0.2, 0) is 20.9 Å². The third-order valence-corrected chi connectivity index (χ3v) is 6.52. The van der Waals surface area contributed by atoms with Crippen molar-refractivity contribution in [2.75, 3.05) is 6.61 Å². The van der Waals surface area contributed by atoms with Crippen LogP contribution in [-0.4, -0.2) is 34.3 Å². The molecule has 0 bridgehead atoms. The molecule has 5 rings (SSSR count). The van der Waals surface area contributed by atoms with E-state index < -0.39 is 6.04 Å². The van der Waals surface area contributed by atoms with E-state index in [0.29, 0.717) is 24.5 Å². The number of amides is 1. The number of fused-ring (bicyclic) bond motifs is 1. The van der Waals surface area contributed by atoms with Gasteiger partial charge in [-0.15, -0.1) is 0 Å². The molecule has 2 aromatic rings. The molecule has 3 heterocycles. The molecule has 3 atom stereocenters. The third-order valence-electron chi connectivity index (χ3n) is 6.52. The lowest BCUT2D eigenvalue weighted by molar-refractivity contribution is -0.135. The maximum atomic E-state index is 13.6. The van der Waals surface area contributed by atoms with Crippen molar-refractivity contribution < 1.29 is 19.1 Å². The Hall–Kier alpha value is -3.41. The molecule has 164 valence electrons. The summed E-state index contributed by atoms with van der Waals surface area (Å²) < 4.78 is 11.8. The molecule has 32 heavy (non-hydrogen) atoms. The summed E-state index contributed by atoms with van der Waals surface area (Å²) in [6.07, 6.45) is 8.62. The number of carbonyl (C=O) groups excluding carboxylic acids is 2. The zero-order valence-corrected chi connectivity index (χ0v) is 17.9. The van der Waals surface area contributed by atoms with E-state index >= 15 is 0 Å². The summed E-state index contributed by atoms with van der Waals surface area (Å²) in [6, 6.07) is 10.9. The molecular weight excluding hydrogens is 404 g/mol. The molecule has 6 heteroatoms. The van der Waals surface area contributed by atoms with Crippen LogP contribution in [0.1, 0.15) is 42.9 Å². The van der Waals surface area contributed by atoms with Gasteiger partial charge in [-0.2, -0.15) is 0 Å². The van der Waals surface area contributed by atoms with Crippen LogP contribution in [0.5, 0.6) is 5.75 Å². The summed E-state index contributed by atoms with van der Waals surface area (Å²) in [7, 11) is 0. The van der Waals surface area contributed by atoms with Gasteiger partial charge in [-0.3, -0.25) is 14.6 Å². The quantitative estimate of drug-likeness (QED) is 0.644. The number of ketones is 1. The fraction of sp³-hybridized carbons (Fsp3) is 0.346. The standard InChI is InChI=1S/C26H26N2O4/c1-2-15-31-19-9-7-18(8-10-19)23-22-24(29)20-5-3-4-6-21(20)32-25(22)26(30)28(23)16-17-11-13-27-14-12-17/h2,7-14,20-21,23H,1,3-6,15-16H2. The van der Waals surface area contributed by atoms with Crippen LogP contribution in [0.3, 0.4) is 0 Å². The number of nitrogens with zero attached hydrogens (tertiary/aromatic N) is 2. The Labute approximate surface area is 187 Å². The van der Waals surface area contributed by atoms with E-state index in [1.165, 1.54) is 0 Å². The summed E-state index contributed by atoms with van der Waals surface area (Å²) >= 11 is 0. The lowest BCUT2D eigenvalue weighted by atomic mass is 9.77. The van der Waals surface area contributed by atoms with E-state index in [4.69, 9.17) is 9.47 Å². The first-order valence-electron chi connectivity index (χ1n) is 11.2. The second-order valence-electron chi connectivity index (χ2n) is 8.51. The first-order valence-corrected chi connectivity index (χ1v) is 11.2. The second kappa shape index (κ2) is 8.61. The monoisotopic (exact) mass is 430 g/mol. The molecular formula is C26H26N2O4. The van der Waals surface area contributed by atoms with Crippen molar-refractivity contribution in [3.63, 3.8) is 0 Å². The van der Waals surface area contributed by atoms with E-state index in [9.17, 15) is 9.59 Å². The first kappa shape index (κ1) is 20.5. The molecule has 1 fully saturated rings. The second-order valence-corrected chi connectivity index (χ2v) is 8.51. The summed E-state index contributed by atoms with van der Waals surface area (Å²) in [5, 5.41) is 0. The van der Waals surface area contributed by atoms with Crippen LogP contribution in [0, 0.1) is 5.92 Å². The molecule has 1 saturated carbocycles. The zero-order valence-electron chi connectivity index (χ0n) is 17.9. The van der Waals surface area contributed by atoms with Gasteiger partial charge >= 0.3 is 0 Å². The molecule has 1 aromatic heterocycles. The predicted octanol–water partition coefficient (Wildman–Crippen LogP) is 4.14. The topological polar surface area (TPSA) is 68.7 Å². The Kier molecular flexibility index (Phi) is 5.52. The van der Waals surface area contributed by atoms with Crippen molar-refractivity contribution in [2.24, 2.45) is 5.92 Å². The summed E-state index contributed by atoms with van der Waals surface area (Å²) in [5.74, 6) is 0.647. The van der Waals surface area contributed by atoms with Crippen molar-refractivity contribution in [1.29, 1.82) is 0 Å². The molecule has 6 nitrogen and oxygen atoms in total. The number of carbonyl (C=O) groups is 2. The fourth-order valence-corrected chi connectivity index (χ4v) is 4.99. The van der Waals surface area contributed by atoms with Gasteiger partial charge in [0.2, 0.25) is 0 Å². The number of Topliss-reactive ketones (excluding diaryl/α,β-unsaturated/α-hetero) is 1. The molecule has 1 aliphatic carbocycles. The lowest BCUT2D eigenvalue weighted by Gasteiger charge is -2.35. The number of pyridine rings is 1. The molecule has 3 unspecified atom stereocenters. The van der Waals surface area contributed by atoms with Crippen molar-refractivity contribution in [3.8, 4) is 5.75 Å². The molecule has 0 radical (unpaired) electrons. The molecule has 0 spiro atoms. The lowest BCUT2D eigenvalue weighted by Crippen LogP contribution is -2.39. The predicted molar refractivity (Wildman–Crippen MR) is 119 cm³/mol. The molecule has 3 aliphatic rings. The van der Waals surface area contributed by atoms with Gasteiger partial charge < -0.3 is 14.4 Å². The minimum absolute atomic E-state index is 0.0681.